The van der Waals surface area contributed by atoms with Gasteiger partial charge in [-0.15, -0.1) is 0 Å². The van der Waals surface area contributed by atoms with Crippen molar-refractivity contribution < 1.29 is 4.79 Å². The van der Waals surface area contributed by atoms with Gasteiger partial charge in [-0.3, -0.25) is 14.5 Å². The molecule has 1 N–H and O–H groups in total. The summed E-state index contributed by atoms with van der Waals surface area (Å²) in [6.45, 7) is 4.26. The van der Waals surface area contributed by atoms with Crippen molar-refractivity contribution in [3.8, 4) is 0 Å². The van der Waals surface area contributed by atoms with E-state index in [1.807, 2.05) is 11.0 Å². The Labute approximate surface area is 135 Å². The van der Waals surface area contributed by atoms with Gasteiger partial charge >= 0.3 is 0 Å². The lowest BCUT2D eigenvalue weighted by Crippen LogP contribution is -2.49. The summed E-state index contributed by atoms with van der Waals surface area (Å²) >= 11 is 0. The van der Waals surface area contributed by atoms with Crippen LogP contribution in [-0.2, 0) is 6.42 Å². The van der Waals surface area contributed by atoms with Crippen molar-refractivity contribution in [3.63, 3.8) is 0 Å². The van der Waals surface area contributed by atoms with Crippen LogP contribution >= 0.6 is 0 Å². The first-order valence-electron chi connectivity index (χ1n) is 7.97. The normalized spacial score (nSPS) is 15.6. The van der Waals surface area contributed by atoms with E-state index in [2.05, 4.69) is 34.1 Å². The minimum Gasteiger partial charge on any atom is -0.336 e. The fourth-order valence-corrected chi connectivity index (χ4v) is 2.83. The highest BCUT2D eigenvalue weighted by atomic mass is 16.2. The van der Waals surface area contributed by atoms with E-state index in [0.717, 1.165) is 39.1 Å². The van der Waals surface area contributed by atoms with Crippen LogP contribution in [0.15, 0.2) is 53.5 Å². The molecule has 0 spiro atoms. The average molecular weight is 311 g/mol. The molecular weight excluding hydrogens is 290 g/mol. The molecule has 2 aromatic rings. The van der Waals surface area contributed by atoms with Crippen molar-refractivity contribution in [2.24, 2.45) is 0 Å². The molecule has 1 aliphatic rings. The van der Waals surface area contributed by atoms with Crippen LogP contribution in [0.1, 0.15) is 15.9 Å². The molecule has 5 nitrogen and oxygen atoms in total. The molecular formula is C18H21N3O2. The minimum atomic E-state index is -0.188. The predicted octanol–water partition coefficient (Wildman–Crippen LogP) is 1.38. The molecule has 1 saturated heterocycles. The number of H-pyrrole nitrogens is 1. The maximum Gasteiger partial charge on any atom is 0.255 e. The first-order chi connectivity index (χ1) is 11.2. The van der Waals surface area contributed by atoms with Gasteiger partial charge in [0.2, 0.25) is 5.56 Å². The topological polar surface area (TPSA) is 56.4 Å². The lowest BCUT2D eigenvalue weighted by atomic mass is 10.1. The van der Waals surface area contributed by atoms with Crippen molar-refractivity contribution >= 4 is 5.91 Å². The fourth-order valence-electron chi connectivity index (χ4n) is 2.83. The lowest BCUT2D eigenvalue weighted by Gasteiger charge is -2.34. The number of hydrogen-bond acceptors (Lipinski definition) is 3. The molecule has 120 valence electrons. The highest BCUT2D eigenvalue weighted by Gasteiger charge is 2.21. The number of aromatic nitrogens is 1. The zero-order valence-corrected chi connectivity index (χ0v) is 13.1. The van der Waals surface area contributed by atoms with Crippen LogP contribution in [-0.4, -0.2) is 53.4 Å². The number of carbonyl (C=O) groups excluding carboxylic acids is 1. The van der Waals surface area contributed by atoms with Gasteiger partial charge in [-0.25, -0.2) is 0 Å². The molecule has 23 heavy (non-hydrogen) atoms. The number of hydrogen-bond donors (Lipinski definition) is 1. The summed E-state index contributed by atoms with van der Waals surface area (Å²) < 4.78 is 0. The summed E-state index contributed by atoms with van der Waals surface area (Å²) in [5, 5.41) is 0. The second-order valence-corrected chi connectivity index (χ2v) is 5.81. The number of aromatic amines is 1. The highest BCUT2D eigenvalue weighted by molar-refractivity contribution is 5.93. The fraction of sp³-hybridized carbons (Fsp3) is 0.333. The minimum absolute atomic E-state index is 0.0102. The number of nitrogens with zero attached hydrogens (tertiary/aromatic N) is 2. The molecule has 5 heteroatoms. The standard InChI is InChI=1S/C18H21N3O2/c22-17-7-6-16(14-19-17)18(23)21-12-10-20(11-13-21)9-8-15-4-2-1-3-5-15/h1-7,14H,8-13H2,(H,19,22). The third-order valence-electron chi connectivity index (χ3n) is 4.25. The molecule has 0 atom stereocenters. The third-order valence-corrected chi connectivity index (χ3v) is 4.25. The number of nitrogens with one attached hydrogen (secondary N) is 1. The van der Waals surface area contributed by atoms with E-state index in [1.165, 1.54) is 17.8 Å². The van der Waals surface area contributed by atoms with E-state index in [4.69, 9.17) is 0 Å². The Balaban J connectivity index is 1.49. The van der Waals surface area contributed by atoms with Gasteiger partial charge in [-0.05, 0) is 18.1 Å². The molecule has 1 aromatic carbocycles. The molecule has 2 heterocycles. The van der Waals surface area contributed by atoms with Gasteiger partial charge in [0.05, 0.1) is 5.56 Å². The second kappa shape index (κ2) is 7.24. The Kier molecular flexibility index (Phi) is 4.88. The van der Waals surface area contributed by atoms with Gasteiger partial charge in [-0.1, -0.05) is 30.3 Å². The molecule has 1 aromatic heterocycles. The third kappa shape index (κ3) is 4.07. The number of rotatable bonds is 4. The molecule has 0 aliphatic carbocycles. The zero-order chi connectivity index (χ0) is 16.1. The van der Waals surface area contributed by atoms with E-state index in [1.54, 1.807) is 6.07 Å². The van der Waals surface area contributed by atoms with Crippen molar-refractivity contribution in [2.75, 3.05) is 32.7 Å². The molecule has 1 fully saturated rings. The molecule has 0 unspecified atom stereocenters. The molecule has 1 aliphatic heterocycles. The zero-order valence-electron chi connectivity index (χ0n) is 13.1. The van der Waals surface area contributed by atoms with Crippen molar-refractivity contribution in [1.29, 1.82) is 0 Å². The van der Waals surface area contributed by atoms with Gasteiger partial charge in [0.15, 0.2) is 0 Å². The van der Waals surface area contributed by atoms with Gasteiger partial charge in [-0.2, -0.15) is 0 Å². The smallest absolute Gasteiger partial charge is 0.255 e. The van der Waals surface area contributed by atoms with E-state index >= 15 is 0 Å². The van der Waals surface area contributed by atoms with Crippen LogP contribution in [0.3, 0.4) is 0 Å². The Hall–Kier alpha value is -2.40. The molecule has 0 radical (unpaired) electrons. The van der Waals surface area contributed by atoms with Crippen LogP contribution in [0, 0.1) is 0 Å². The second-order valence-electron chi connectivity index (χ2n) is 5.81. The predicted molar refractivity (Wildman–Crippen MR) is 89.6 cm³/mol. The van der Waals surface area contributed by atoms with E-state index in [-0.39, 0.29) is 11.5 Å². The lowest BCUT2D eigenvalue weighted by molar-refractivity contribution is 0.0638. The average Bonchev–Trinajstić information content (AvgIpc) is 2.61. The Morgan fingerprint density at radius 3 is 2.39 bits per heavy atom. The van der Waals surface area contributed by atoms with Crippen molar-refractivity contribution in [2.45, 2.75) is 6.42 Å². The van der Waals surface area contributed by atoms with Crippen LogP contribution in [0.5, 0.6) is 0 Å². The van der Waals surface area contributed by atoms with Crippen LogP contribution in [0.25, 0.3) is 0 Å². The Bertz CT molecular complexity index is 683. The van der Waals surface area contributed by atoms with Gasteiger partial charge in [0.1, 0.15) is 0 Å². The van der Waals surface area contributed by atoms with Gasteiger partial charge < -0.3 is 9.88 Å². The molecule has 0 bridgehead atoms. The summed E-state index contributed by atoms with van der Waals surface area (Å²) in [7, 11) is 0. The summed E-state index contributed by atoms with van der Waals surface area (Å²) in [6, 6.07) is 13.4. The molecule has 1 amide bonds. The van der Waals surface area contributed by atoms with E-state index < -0.39 is 0 Å². The summed E-state index contributed by atoms with van der Waals surface area (Å²) in [5.41, 5.74) is 1.70. The van der Waals surface area contributed by atoms with Crippen LogP contribution < -0.4 is 5.56 Å². The summed E-state index contributed by atoms with van der Waals surface area (Å²) in [4.78, 5) is 30.2. The first kappa shape index (κ1) is 15.5. The largest absolute Gasteiger partial charge is 0.336 e. The highest BCUT2D eigenvalue weighted by Crippen LogP contribution is 2.08. The number of amides is 1. The van der Waals surface area contributed by atoms with Gasteiger partial charge in [0, 0.05) is 45.0 Å². The summed E-state index contributed by atoms with van der Waals surface area (Å²) in [5.74, 6) is -0.0102. The first-order valence-corrected chi connectivity index (χ1v) is 7.97. The van der Waals surface area contributed by atoms with Crippen LogP contribution in [0.2, 0.25) is 0 Å². The van der Waals surface area contributed by atoms with Crippen molar-refractivity contribution in [3.05, 3.63) is 70.1 Å². The number of benzene rings is 1. The van der Waals surface area contributed by atoms with E-state index in [0.29, 0.717) is 5.56 Å². The maximum atomic E-state index is 12.4. The monoisotopic (exact) mass is 311 g/mol. The van der Waals surface area contributed by atoms with E-state index in [9.17, 15) is 9.59 Å². The molecule has 3 rings (SSSR count). The maximum absolute atomic E-state index is 12.4. The number of carbonyl (C=O) groups is 1. The SMILES string of the molecule is O=C(c1ccc(=O)[nH]c1)N1CCN(CCc2ccccc2)CC1. The van der Waals surface area contributed by atoms with Crippen LogP contribution in [0.4, 0.5) is 0 Å². The summed E-state index contributed by atoms with van der Waals surface area (Å²) in [6.07, 6.45) is 2.53. The number of pyridine rings is 1. The van der Waals surface area contributed by atoms with Crippen molar-refractivity contribution in [1.82, 2.24) is 14.8 Å². The van der Waals surface area contributed by atoms with Gasteiger partial charge in [0.25, 0.3) is 5.91 Å². The molecule has 0 saturated carbocycles. The quantitative estimate of drug-likeness (QED) is 0.928. The number of piperazine rings is 1. The Morgan fingerprint density at radius 2 is 1.74 bits per heavy atom. The Morgan fingerprint density at radius 1 is 1.00 bits per heavy atom.